The van der Waals surface area contributed by atoms with Crippen molar-refractivity contribution in [2.75, 3.05) is 13.7 Å². The van der Waals surface area contributed by atoms with Gasteiger partial charge in [-0.25, -0.2) is 4.98 Å². The first kappa shape index (κ1) is 18.3. The van der Waals surface area contributed by atoms with E-state index in [0.29, 0.717) is 18.0 Å². The third-order valence-electron chi connectivity index (χ3n) is 4.33. The Hall–Kier alpha value is -2.53. The van der Waals surface area contributed by atoms with E-state index in [1.165, 1.54) is 0 Å². The van der Waals surface area contributed by atoms with Crippen LogP contribution >= 0.6 is 11.6 Å². The number of halogens is 1. The minimum absolute atomic E-state index is 0.000246. The van der Waals surface area contributed by atoms with Crippen LogP contribution in [-0.2, 0) is 4.79 Å². The molecule has 2 aromatic heterocycles. The number of para-hydroxylation sites is 1. The van der Waals surface area contributed by atoms with Gasteiger partial charge in [0.25, 0.3) is 0 Å². The summed E-state index contributed by atoms with van der Waals surface area (Å²) in [5.41, 5.74) is 2.64. The van der Waals surface area contributed by atoms with Gasteiger partial charge in [-0.2, -0.15) is 0 Å². The molecule has 0 saturated heterocycles. The zero-order chi connectivity index (χ0) is 18.5. The van der Waals surface area contributed by atoms with E-state index in [0.717, 1.165) is 29.1 Å². The molecule has 0 saturated carbocycles. The highest BCUT2D eigenvalue weighted by Gasteiger charge is 2.24. The summed E-state index contributed by atoms with van der Waals surface area (Å²) < 4.78 is 7.47. The molecule has 5 nitrogen and oxygen atoms in total. The smallest absolute Gasteiger partial charge is 0.221 e. The van der Waals surface area contributed by atoms with Gasteiger partial charge in [0.05, 0.1) is 17.8 Å². The van der Waals surface area contributed by atoms with E-state index >= 15 is 0 Å². The molecule has 6 heteroatoms. The molecule has 0 radical (unpaired) electrons. The third kappa shape index (κ3) is 3.83. The monoisotopic (exact) mass is 371 g/mol. The molecular formula is C20H22ClN3O2. The molecule has 1 amide bonds. The molecule has 0 aliphatic carbocycles. The number of nitrogens with one attached hydrogen (secondary N) is 1. The maximum absolute atomic E-state index is 12.5. The lowest BCUT2D eigenvalue weighted by molar-refractivity contribution is -0.121. The van der Waals surface area contributed by atoms with Crippen molar-refractivity contribution in [3.63, 3.8) is 0 Å². The summed E-state index contributed by atoms with van der Waals surface area (Å²) in [6.45, 7) is 2.70. The number of pyridine rings is 1. The van der Waals surface area contributed by atoms with E-state index in [4.69, 9.17) is 16.3 Å². The first-order valence-corrected chi connectivity index (χ1v) is 9.04. The van der Waals surface area contributed by atoms with E-state index < -0.39 is 0 Å². The summed E-state index contributed by atoms with van der Waals surface area (Å²) >= 11 is 6.18. The number of ether oxygens (including phenoxy) is 1. The van der Waals surface area contributed by atoms with Gasteiger partial charge in [-0.15, -0.1) is 0 Å². The van der Waals surface area contributed by atoms with Crippen molar-refractivity contribution >= 4 is 23.2 Å². The van der Waals surface area contributed by atoms with Gasteiger partial charge in [0.15, 0.2) is 0 Å². The molecule has 3 aromatic rings. The lowest BCUT2D eigenvalue weighted by Gasteiger charge is -2.19. The zero-order valence-corrected chi connectivity index (χ0v) is 15.7. The van der Waals surface area contributed by atoms with Crippen molar-refractivity contribution in [3.05, 3.63) is 65.1 Å². The molecule has 0 aliphatic rings. The van der Waals surface area contributed by atoms with E-state index in [9.17, 15) is 4.79 Å². The van der Waals surface area contributed by atoms with E-state index in [-0.39, 0.29) is 11.8 Å². The van der Waals surface area contributed by atoms with Gasteiger partial charge in [0, 0.05) is 36.8 Å². The van der Waals surface area contributed by atoms with Crippen LogP contribution in [0.3, 0.4) is 0 Å². The predicted octanol–water partition coefficient (Wildman–Crippen LogP) is 4.04. The Balaban J connectivity index is 2.07. The van der Waals surface area contributed by atoms with Gasteiger partial charge in [-0.05, 0) is 24.6 Å². The van der Waals surface area contributed by atoms with Crippen LogP contribution < -0.4 is 10.1 Å². The molecule has 2 heterocycles. The lowest BCUT2D eigenvalue weighted by atomic mass is 9.91. The number of carbonyl (C=O) groups excluding carboxylic acids is 1. The summed E-state index contributed by atoms with van der Waals surface area (Å²) in [5, 5.41) is 3.57. The minimum atomic E-state index is -0.198. The van der Waals surface area contributed by atoms with Crippen LogP contribution in [0.4, 0.5) is 0 Å². The number of amides is 1. The van der Waals surface area contributed by atoms with Crippen LogP contribution in [0.25, 0.3) is 5.65 Å². The molecule has 1 atom stereocenters. The lowest BCUT2D eigenvalue weighted by Crippen LogP contribution is -2.26. The van der Waals surface area contributed by atoms with Gasteiger partial charge < -0.3 is 14.5 Å². The van der Waals surface area contributed by atoms with Gasteiger partial charge in [-0.3, -0.25) is 4.79 Å². The first-order valence-electron chi connectivity index (χ1n) is 8.66. The minimum Gasteiger partial charge on any atom is -0.496 e. The second-order valence-electron chi connectivity index (χ2n) is 6.11. The van der Waals surface area contributed by atoms with Crippen LogP contribution in [0, 0.1) is 0 Å². The SMILES string of the molecule is CCCNC(=O)CC(c1ccccc1OC)c1cnc2ccc(Cl)cn12. The summed E-state index contributed by atoms with van der Waals surface area (Å²) in [7, 11) is 1.64. The molecule has 26 heavy (non-hydrogen) atoms. The predicted molar refractivity (Wildman–Crippen MR) is 103 cm³/mol. The Morgan fingerprint density at radius 1 is 1.31 bits per heavy atom. The number of benzene rings is 1. The van der Waals surface area contributed by atoms with Gasteiger partial charge in [-0.1, -0.05) is 36.7 Å². The molecule has 1 N–H and O–H groups in total. The average Bonchev–Trinajstić information content (AvgIpc) is 3.07. The number of nitrogens with zero attached hydrogens (tertiary/aromatic N) is 2. The number of imidazole rings is 1. The summed E-state index contributed by atoms with van der Waals surface area (Å²) in [6.07, 6.45) is 4.83. The summed E-state index contributed by atoms with van der Waals surface area (Å²) in [4.78, 5) is 16.9. The molecule has 0 aliphatic heterocycles. The maximum Gasteiger partial charge on any atom is 0.221 e. The number of rotatable bonds is 7. The Bertz CT molecular complexity index is 907. The molecule has 1 aromatic carbocycles. The third-order valence-corrected chi connectivity index (χ3v) is 4.55. The average molecular weight is 372 g/mol. The summed E-state index contributed by atoms with van der Waals surface area (Å²) in [6, 6.07) is 11.4. The van der Waals surface area contributed by atoms with Crippen LogP contribution in [0.5, 0.6) is 5.75 Å². The molecule has 1 unspecified atom stereocenters. The van der Waals surface area contributed by atoms with Crippen molar-refractivity contribution in [3.8, 4) is 5.75 Å². The standard InChI is InChI=1S/C20H22ClN3O2/c1-3-10-22-20(25)11-16(15-6-4-5-7-18(15)26-2)17-12-23-19-9-8-14(21)13-24(17)19/h4-9,12-13,16H,3,10-11H2,1-2H3,(H,22,25). The highest BCUT2D eigenvalue weighted by molar-refractivity contribution is 6.30. The number of aromatic nitrogens is 2. The highest BCUT2D eigenvalue weighted by Crippen LogP contribution is 2.35. The second kappa shape index (κ2) is 8.23. The molecule has 0 bridgehead atoms. The van der Waals surface area contributed by atoms with Crippen molar-refractivity contribution in [2.24, 2.45) is 0 Å². The number of hydrogen-bond donors (Lipinski definition) is 1. The fourth-order valence-corrected chi connectivity index (χ4v) is 3.24. The second-order valence-corrected chi connectivity index (χ2v) is 6.54. The number of fused-ring (bicyclic) bond motifs is 1. The van der Waals surface area contributed by atoms with Crippen LogP contribution in [-0.4, -0.2) is 28.9 Å². The number of methoxy groups -OCH3 is 1. The van der Waals surface area contributed by atoms with E-state index in [2.05, 4.69) is 10.3 Å². The Kier molecular flexibility index (Phi) is 5.78. The number of hydrogen-bond acceptors (Lipinski definition) is 3. The van der Waals surface area contributed by atoms with Crippen molar-refractivity contribution in [2.45, 2.75) is 25.7 Å². The largest absolute Gasteiger partial charge is 0.496 e. The topological polar surface area (TPSA) is 55.6 Å². The Morgan fingerprint density at radius 3 is 2.88 bits per heavy atom. The summed E-state index contributed by atoms with van der Waals surface area (Å²) in [5.74, 6) is 0.550. The fraction of sp³-hybridized carbons (Fsp3) is 0.300. The quantitative estimate of drug-likeness (QED) is 0.681. The molecule has 136 valence electrons. The van der Waals surface area contributed by atoms with Crippen molar-refractivity contribution < 1.29 is 9.53 Å². The van der Waals surface area contributed by atoms with E-state index in [1.54, 1.807) is 19.4 Å². The molecule has 0 fully saturated rings. The number of carbonyl (C=O) groups is 1. The van der Waals surface area contributed by atoms with Crippen molar-refractivity contribution in [1.29, 1.82) is 0 Å². The van der Waals surface area contributed by atoms with Gasteiger partial charge in [0.1, 0.15) is 11.4 Å². The van der Waals surface area contributed by atoms with Crippen molar-refractivity contribution in [1.82, 2.24) is 14.7 Å². The zero-order valence-electron chi connectivity index (χ0n) is 14.9. The first-order chi connectivity index (χ1) is 12.6. The van der Waals surface area contributed by atoms with Crippen LogP contribution in [0.15, 0.2) is 48.8 Å². The van der Waals surface area contributed by atoms with Crippen LogP contribution in [0.2, 0.25) is 5.02 Å². The normalized spacial score (nSPS) is 12.1. The van der Waals surface area contributed by atoms with Crippen LogP contribution in [0.1, 0.15) is 36.9 Å². The molecule has 0 spiro atoms. The fourth-order valence-electron chi connectivity index (χ4n) is 3.08. The molecule has 3 rings (SSSR count). The Morgan fingerprint density at radius 2 is 2.12 bits per heavy atom. The highest BCUT2D eigenvalue weighted by atomic mass is 35.5. The van der Waals surface area contributed by atoms with Gasteiger partial charge >= 0.3 is 0 Å². The molecular weight excluding hydrogens is 350 g/mol. The maximum atomic E-state index is 12.5. The Labute approximate surface area is 158 Å². The van der Waals surface area contributed by atoms with E-state index in [1.807, 2.05) is 47.9 Å². The van der Waals surface area contributed by atoms with Gasteiger partial charge in [0.2, 0.25) is 5.91 Å².